The molecule has 0 amide bonds. The third-order valence-corrected chi connectivity index (χ3v) is 7.78. The van der Waals surface area contributed by atoms with E-state index >= 15 is 0 Å². The van der Waals surface area contributed by atoms with E-state index in [-0.39, 0.29) is 19.3 Å². The lowest BCUT2D eigenvalue weighted by atomic mass is 9.68. The van der Waals surface area contributed by atoms with Crippen molar-refractivity contribution in [3.8, 4) is 22.6 Å². The Morgan fingerprint density at radius 1 is 0.805 bits per heavy atom. The minimum Gasteiger partial charge on any atom is -0.497 e. The van der Waals surface area contributed by atoms with Crippen molar-refractivity contribution in [3.63, 3.8) is 0 Å². The number of rotatable bonds is 12. The number of hydrogen-bond donors (Lipinski definition) is 0. The minimum absolute atomic E-state index is 0.0141. The molecule has 0 radical (unpaired) electrons. The Kier molecular flexibility index (Phi) is 8.55. The molecule has 0 bridgehead atoms. The first-order valence-electron chi connectivity index (χ1n) is 14.0. The number of esters is 1. The second kappa shape index (κ2) is 12.4. The highest BCUT2D eigenvalue weighted by molar-refractivity contribution is 5.86. The van der Waals surface area contributed by atoms with E-state index in [0.717, 1.165) is 29.4 Å². The van der Waals surface area contributed by atoms with Crippen LogP contribution < -0.4 is 9.47 Å². The third kappa shape index (κ3) is 5.50. The van der Waals surface area contributed by atoms with E-state index in [0.29, 0.717) is 5.75 Å². The molecule has 2 atom stereocenters. The van der Waals surface area contributed by atoms with Crippen molar-refractivity contribution in [2.75, 3.05) is 20.3 Å². The molecular weight excluding hydrogens is 512 g/mol. The smallest absolute Gasteiger partial charge is 0.330 e. The van der Waals surface area contributed by atoms with Crippen molar-refractivity contribution < 1.29 is 23.7 Å². The van der Waals surface area contributed by atoms with Crippen LogP contribution in [0.1, 0.15) is 42.5 Å². The lowest BCUT2D eigenvalue weighted by Gasteiger charge is -2.34. The summed E-state index contributed by atoms with van der Waals surface area (Å²) in [6.07, 6.45) is 1.61. The van der Waals surface area contributed by atoms with Crippen molar-refractivity contribution in [3.05, 3.63) is 132 Å². The van der Waals surface area contributed by atoms with E-state index in [1.165, 1.54) is 22.3 Å². The molecule has 0 fully saturated rings. The van der Waals surface area contributed by atoms with E-state index < -0.39 is 17.5 Å². The van der Waals surface area contributed by atoms with Crippen molar-refractivity contribution in [1.82, 2.24) is 0 Å². The number of ether oxygens (including phenoxy) is 4. The summed E-state index contributed by atoms with van der Waals surface area (Å²) in [6.45, 7) is 7.86. The number of hydrogen-bond acceptors (Lipinski definition) is 5. The second-order valence-corrected chi connectivity index (χ2v) is 10.2. The van der Waals surface area contributed by atoms with Gasteiger partial charge in [0.15, 0.2) is 0 Å². The lowest BCUT2D eigenvalue weighted by molar-refractivity contribution is -0.144. The summed E-state index contributed by atoms with van der Waals surface area (Å²) in [5.41, 5.74) is 6.75. The van der Waals surface area contributed by atoms with E-state index in [4.69, 9.17) is 18.9 Å². The first-order chi connectivity index (χ1) is 20.0. The lowest BCUT2D eigenvalue weighted by Crippen LogP contribution is -2.31. The molecule has 210 valence electrons. The number of benzene rings is 4. The summed E-state index contributed by atoms with van der Waals surface area (Å²) >= 11 is 0. The van der Waals surface area contributed by atoms with E-state index in [1.54, 1.807) is 7.11 Å². The number of fused-ring (bicyclic) bond motifs is 3. The fourth-order valence-electron chi connectivity index (χ4n) is 5.64. The van der Waals surface area contributed by atoms with Gasteiger partial charge in [-0.3, -0.25) is 0 Å². The van der Waals surface area contributed by atoms with Crippen LogP contribution in [0.25, 0.3) is 11.1 Å². The maximum absolute atomic E-state index is 11.6. The Balaban J connectivity index is 1.50. The molecule has 0 saturated heterocycles. The molecule has 4 aromatic rings. The average Bonchev–Trinajstić information content (AvgIpc) is 3.33. The molecule has 1 aliphatic carbocycles. The Morgan fingerprint density at radius 3 is 1.85 bits per heavy atom. The number of carbonyl (C=O) groups is 1. The van der Waals surface area contributed by atoms with Crippen molar-refractivity contribution in [2.45, 2.75) is 37.9 Å². The Morgan fingerprint density at radius 2 is 1.34 bits per heavy atom. The molecule has 5 heteroatoms. The van der Waals surface area contributed by atoms with Gasteiger partial charge in [-0.05, 0) is 71.0 Å². The fraction of sp³-hybridized carbons (Fsp3) is 0.250. The molecule has 1 aliphatic rings. The zero-order chi connectivity index (χ0) is 28.8. The summed E-state index contributed by atoms with van der Waals surface area (Å²) in [4.78, 5) is 11.6. The summed E-state index contributed by atoms with van der Waals surface area (Å²) in [6, 6.07) is 33.9. The van der Waals surface area contributed by atoms with Gasteiger partial charge in [0.05, 0.1) is 18.6 Å². The Hall–Kier alpha value is -4.35. The highest BCUT2D eigenvalue weighted by Gasteiger charge is 2.45. The molecule has 4 aromatic carbocycles. The van der Waals surface area contributed by atoms with Crippen molar-refractivity contribution in [1.29, 1.82) is 0 Å². The third-order valence-electron chi connectivity index (χ3n) is 7.78. The standard InChI is InChI=1S/C36H36O5/c1-5-25(3)41-30(24-40-35(37)6-2)23-39-29-21-17-27(18-22-29)36(26-15-19-28(38-4)20-16-26)33-13-9-7-11-31(33)32-12-8-10-14-34(32)36/h6-22,25,30H,2,5,23-24H2,1,3-4H3. The SMILES string of the molecule is C=CC(=O)OCC(COc1ccc(C2(c3ccc(OC)cc3)c3ccccc3-c3ccccc32)cc1)OC(C)CC. The normalized spacial score (nSPS) is 14.3. The van der Waals surface area contributed by atoms with Crippen LogP contribution in [-0.2, 0) is 19.7 Å². The van der Waals surface area contributed by atoms with Crippen LogP contribution in [0, 0.1) is 0 Å². The van der Waals surface area contributed by atoms with Gasteiger partial charge in [-0.2, -0.15) is 0 Å². The molecular formula is C36H36O5. The molecule has 5 rings (SSSR count). The van der Waals surface area contributed by atoms with Gasteiger partial charge >= 0.3 is 5.97 Å². The zero-order valence-electron chi connectivity index (χ0n) is 23.8. The van der Waals surface area contributed by atoms with Gasteiger partial charge in [0.2, 0.25) is 0 Å². The number of methoxy groups -OCH3 is 1. The van der Waals surface area contributed by atoms with Gasteiger partial charge in [-0.25, -0.2) is 4.79 Å². The topological polar surface area (TPSA) is 54.0 Å². The van der Waals surface area contributed by atoms with Gasteiger partial charge in [0.25, 0.3) is 0 Å². The van der Waals surface area contributed by atoms with E-state index in [2.05, 4.69) is 86.3 Å². The molecule has 41 heavy (non-hydrogen) atoms. The Labute approximate surface area is 242 Å². The van der Waals surface area contributed by atoms with Gasteiger partial charge in [0, 0.05) is 6.08 Å². The molecule has 0 saturated carbocycles. The molecule has 0 spiro atoms. The minimum atomic E-state index is -0.501. The summed E-state index contributed by atoms with van der Waals surface area (Å²) in [5.74, 6) is 1.05. The molecule has 0 heterocycles. The molecule has 5 nitrogen and oxygen atoms in total. The van der Waals surface area contributed by atoms with Crippen LogP contribution in [0.5, 0.6) is 11.5 Å². The van der Waals surface area contributed by atoms with Crippen LogP contribution in [0.3, 0.4) is 0 Å². The summed E-state index contributed by atoms with van der Waals surface area (Å²) in [7, 11) is 1.69. The van der Waals surface area contributed by atoms with Crippen LogP contribution in [-0.4, -0.2) is 38.5 Å². The maximum atomic E-state index is 11.6. The van der Waals surface area contributed by atoms with Crippen LogP contribution in [0.15, 0.2) is 110 Å². The monoisotopic (exact) mass is 548 g/mol. The molecule has 0 aromatic heterocycles. The summed E-state index contributed by atoms with van der Waals surface area (Å²) in [5, 5.41) is 0. The quantitative estimate of drug-likeness (QED) is 0.121. The second-order valence-electron chi connectivity index (χ2n) is 10.2. The highest BCUT2D eigenvalue weighted by Crippen LogP contribution is 2.56. The number of carbonyl (C=O) groups excluding carboxylic acids is 1. The summed E-state index contributed by atoms with van der Waals surface area (Å²) < 4.78 is 22.9. The average molecular weight is 549 g/mol. The first kappa shape index (κ1) is 28.2. The zero-order valence-corrected chi connectivity index (χ0v) is 23.8. The largest absolute Gasteiger partial charge is 0.497 e. The van der Waals surface area contributed by atoms with Crippen LogP contribution >= 0.6 is 0 Å². The van der Waals surface area contributed by atoms with Crippen molar-refractivity contribution in [2.24, 2.45) is 0 Å². The van der Waals surface area contributed by atoms with E-state index in [9.17, 15) is 4.79 Å². The Bertz CT molecular complexity index is 1440. The van der Waals surface area contributed by atoms with Gasteiger partial charge < -0.3 is 18.9 Å². The molecule has 0 N–H and O–H groups in total. The fourth-order valence-corrected chi connectivity index (χ4v) is 5.64. The predicted molar refractivity (Wildman–Crippen MR) is 162 cm³/mol. The molecule has 0 aliphatic heterocycles. The predicted octanol–water partition coefficient (Wildman–Crippen LogP) is 7.35. The maximum Gasteiger partial charge on any atom is 0.330 e. The van der Waals surface area contributed by atoms with Crippen LogP contribution in [0.4, 0.5) is 0 Å². The van der Waals surface area contributed by atoms with E-state index in [1.807, 2.05) is 31.2 Å². The highest BCUT2D eigenvalue weighted by atomic mass is 16.6. The van der Waals surface area contributed by atoms with Gasteiger partial charge in [-0.15, -0.1) is 0 Å². The van der Waals surface area contributed by atoms with Crippen LogP contribution in [0.2, 0.25) is 0 Å². The first-order valence-corrected chi connectivity index (χ1v) is 14.0. The van der Waals surface area contributed by atoms with Gasteiger partial charge in [-0.1, -0.05) is 86.3 Å². The van der Waals surface area contributed by atoms with Gasteiger partial charge in [0.1, 0.15) is 30.8 Å². The molecule has 2 unspecified atom stereocenters. The van der Waals surface area contributed by atoms with Crippen molar-refractivity contribution >= 4 is 5.97 Å².